The van der Waals surface area contributed by atoms with Crippen molar-refractivity contribution in [2.24, 2.45) is 5.73 Å². The number of carbonyl (C=O) groups is 2. The lowest BCUT2D eigenvalue weighted by Crippen LogP contribution is -2.39. The van der Waals surface area contributed by atoms with Gasteiger partial charge in [0.1, 0.15) is 17.5 Å². The van der Waals surface area contributed by atoms with Crippen LogP contribution < -0.4 is 10.5 Å². The number of hydrogen-bond acceptors (Lipinski definition) is 5. The van der Waals surface area contributed by atoms with E-state index in [0.29, 0.717) is 27.1 Å². The van der Waals surface area contributed by atoms with Crippen molar-refractivity contribution in [2.45, 2.75) is 19.4 Å². The number of amides is 2. The van der Waals surface area contributed by atoms with Crippen molar-refractivity contribution in [2.75, 3.05) is 0 Å². The fourth-order valence-electron chi connectivity index (χ4n) is 3.36. The fourth-order valence-corrected chi connectivity index (χ4v) is 4.91. The zero-order chi connectivity index (χ0) is 24.2. The Labute approximate surface area is 210 Å². The Kier molecular flexibility index (Phi) is 7.26. The van der Waals surface area contributed by atoms with Gasteiger partial charge in [-0.25, -0.2) is 9.59 Å². The van der Waals surface area contributed by atoms with E-state index in [0.717, 1.165) is 20.0 Å². The summed E-state index contributed by atoms with van der Waals surface area (Å²) in [4.78, 5) is 31.1. The van der Waals surface area contributed by atoms with Crippen LogP contribution in [-0.2, 0) is 16.1 Å². The zero-order valence-corrected chi connectivity index (χ0v) is 20.4. The molecular weight excluding hydrogens is 495 g/mol. The number of urea groups is 1. The van der Waals surface area contributed by atoms with Gasteiger partial charge in [0.05, 0.1) is 11.4 Å². The number of rotatable bonds is 6. The molecule has 0 aliphatic rings. The molecule has 4 aromatic rings. The Morgan fingerprint density at radius 2 is 1.74 bits per heavy atom. The molecule has 34 heavy (non-hydrogen) atoms. The summed E-state index contributed by atoms with van der Waals surface area (Å²) in [6, 6.07) is 20.2. The predicted molar refractivity (Wildman–Crippen MR) is 134 cm³/mol. The molecular formula is C25H20Cl2N2O4S. The molecule has 0 spiro atoms. The van der Waals surface area contributed by atoms with Crippen LogP contribution in [0.5, 0.6) is 11.5 Å². The van der Waals surface area contributed by atoms with Gasteiger partial charge in [0.15, 0.2) is 0 Å². The van der Waals surface area contributed by atoms with Crippen molar-refractivity contribution in [3.8, 4) is 11.5 Å². The zero-order valence-electron chi connectivity index (χ0n) is 18.0. The highest BCUT2D eigenvalue weighted by atomic mass is 35.5. The topological polar surface area (TPSA) is 81.9 Å². The van der Waals surface area contributed by atoms with Gasteiger partial charge in [-0.2, -0.15) is 0 Å². The van der Waals surface area contributed by atoms with Gasteiger partial charge in [0.2, 0.25) is 0 Å². The molecule has 0 bridgehead atoms. The minimum absolute atomic E-state index is 0.149. The number of ether oxygens (including phenoxy) is 1. The van der Waals surface area contributed by atoms with Crippen LogP contribution in [0.15, 0.2) is 72.8 Å². The summed E-state index contributed by atoms with van der Waals surface area (Å²) in [6.07, 6.45) is -0.149. The number of hydrogen-bond donors (Lipinski definition) is 1. The smallest absolute Gasteiger partial charge is 0.348 e. The van der Waals surface area contributed by atoms with E-state index in [-0.39, 0.29) is 6.42 Å². The maximum Gasteiger partial charge on any atom is 0.348 e. The Morgan fingerprint density at radius 1 is 1.00 bits per heavy atom. The van der Waals surface area contributed by atoms with Crippen molar-refractivity contribution in [3.63, 3.8) is 0 Å². The number of carbonyl (C=O) groups excluding carboxylic acids is 2. The molecule has 3 aromatic carbocycles. The Bertz CT molecular complexity index is 1320. The molecule has 2 N–H and O–H groups in total. The van der Waals surface area contributed by atoms with Crippen LogP contribution in [0.3, 0.4) is 0 Å². The van der Waals surface area contributed by atoms with Gasteiger partial charge in [0, 0.05) is 20.2 Å². The lowest BCUT2D eigenvalue weighted by atomic mass is 10.1. The third-order valence-electron chi connectivity index (χ3n) is 5.05. The highest BCUT2D eigenvalue weighted by molar-refractivity contribution is 7.19. The standard InChI is InChI=1S/C25H20Cl2N2O4S/c1-15(23-12-17-7-3-5-9-22(17)34-23)29(25(28)31)33-24(30)13-16-6-2-4-8-20(16)32-21-11-10-18(26)14-19(21)27/h2-12,14-15H,13H2,1H3,(H2,28,31). The first kappa shape index (κ1) is 23.9. The van der Waals surface area contributed by atoms with Crippen LogP contribution in [0.4, 0.5) is 4.79 Å². The highest BCUT2D eigenvalue weighted by Crippen LogP contribution is 2.34. The average molecular weight is 515 g/mol. The molecule has 1 aromatic heterocycles. The van der Waals surface area contributed by atoms with E-state index in [1.807, 2.05) is 30.3 Å². The normalized spacial score (nSPS) is 11.7. The monoisotopic (exact) mass is 514 g/mol. The number of nitrogens with zero attached hydrogens (tertiary/aromatic N) is 1. The molecule has 0 aliphatic heterocycles. The molecule has 174 valence electrons. The van der Waals surface area contributed by atoms with E-state index >= 15 is 0 Å². The van der Waals surface area contributed by atoms with Crippen LogP contribution in [0, 0.1) is 0 Å². The van der Waals surface area contributed by atoms with Gasteiger partial charge in [-0.05, 0) is 48.7 Å². The van der Waals surface area contributed by atoms with Crippen molar-refractivity contribution >= 4 is 56.6 Å². The van der Waals surface area contributed by atoms with Crippen molar-refractivity contribution in [3.05, 3.63) is 93.3 Å². The molecule has 0 fully saturated rings. The second-order valence-electron chi connectivity index (χ2n) is 7.45. The molecule has 0 aliphatic carbocycles. The number of primary amides is 1. The van der Waals surface area contributed by atoms with Crippen molar-refractivity contribution in [1.29, 1.82) is 0 Å². The number of para-hydroxylation sites is 1. The first-order valence-corrected chi connectivity index (χ1v) is 11.9. The molecule has 0 radical (unpaired) electrons. The van der Waals surface area contributed by atoms with E-state index in [2.05, 4.69) is 0 Å². The van der Waals surface area contributed by atoms with E-state index in [1.165, 1.54) is 11.3 Å². The van der Waals surface area contributed by atoms with Crippen LogP contribution in [0.2, 0.25) is 10.0 Å². The predicted octanol–water partition coefficient (Wildman–Crippen LogP) is 7.14. The molecule has 4 rings (SSSR count). The van der Waals surface area contributed by atoms with E-state index < -0.39 is 18.0 Å². The van der Waals surface area contributed by atoms with Gasteiger partial charge in [-0.3, -0.25) is 0 Å². The molecule has 9 heteroatoms. The van der Waals surface area contributed by atoms with Gasteiger partial charge in [-0.1, -0.05) is 59.6 Å². The van der Waals surface area contributed by atoms with Crippen LogP contribution in [0.1, 0.15) is 23.4 Å². The summed E-state index contributed by atoms with van der Waals surface area (Å²) in [6.45, 7) is 1.75. The van der Waals surface area contributed by atoms with Crippen LogP contribution >= 0.6 is 34.5 Å². The summed E-state index contributed by atoms with van der Waals surface area (Å²) >= 11 is 13.7. The summed E-state index contributed by atoms with van der Waals surface area (Å²) in [7, 11) is 0. The summed E-state index contributed by atoms with van der Waals surface area (Å²) in [5.74, 6) is 0.154. The lowest BCUT2D eigenvalue weighted by Gasteiger charge is -2.25. The number of benzene rings is 3. The van der Waals surface area contributed by atoms with Gasteiger partial charge in [0.25, 0.3) is 0 Å². The molecule has 1 unspecified atom stereocenters. The number of fused-ring (bicyclic) bond motifs is 1. The first-order chi connectivity index (χ1) is 16.3. The van der Waals surface area contributed by atoms with E-state index in [9.17, 15) is 9.59 Å². The van der Waals surface area contributed by atoms with Crippen molar-refractivity contribution < 1.29 is 19.2 Å². The summed E-state index contributed by atoms with van der Waals surface area (Å²) in [5, 5.41) is 2.75. The maximum atomic E-state index is 12.8. The molecule has 1 atom stereocenters. The Balaban J connectivity index is 1.50. The summed E-state index contributed by atoms with van der Waals surface area (Å²) < 4.78 is 6.96. The SMILES string of the molecule is CC(c1cc2ccccc2s1)N(OC(=O)Cc1ccccc1Oc1ccc(Cl)cc1Cl)C(N)=O. The van der Waals surface area contributed by atoms with Crippen LogP contribution in [0.25, 0.3) is 10.1 Å². The van der Waals surface area contributed by atoms with Gasteiger partial charge < -0.3 is 15.3 Å². The number of halogens is 2. The molecule has 0 saturated heterocycles. The lowest BCUT2D eigenvalue weighted by molar-refractivity contribution is -0.182. The maximum absolute atomic E-state index is 12.8. The summed E-state index contributed by atoms with van der Waals surface area (Å²) in [5.41, 5.74) is 6.09. The fraction of sp³-hybridized carbons (Fsp3) is 0.120. The largest absolute Gasteiger partial charge is 0.456 e. The average Bonchev–Trinajstić information content (AvgIpc) is 3.24. The molecule has 2 amide bonds. The number of thiophene rings is 1. The Hall–Kier alpha value is -3.26. The third-order valence-corrected chi connectivity index (χ3v) is 6.86. The highest BCUT2D eigenvalue weighted by Gasteiger charge is 2.26. The molecule has 0 saturated carbocycles. The number of hydroxylamine groups is 2. The second-order valence-corrected chi connectivity index (χ2v) is 9.41. The minimum Gasteiger partial charge on any atom is -0.456 e. The second kappa shape index (κ2) is 10.3. The molecule has 6 nitrogen and oxygen atoms in total. The Morgan fingerprint density at radius 3 is 2.47 bits per heavy atom. The third kappa shape index (κ3) is 5.44. The van der Waals surface area contributed by atoms with Gasteiger partial charge >= 0.3 is 12.0 Å². The van der Waals surface area contributed by atoms with Crippen LogP contribution in [-0.4, -0.2) is 17.1 Å². The van der Waals surface area contributed by atoms with Gasteiger partial charge in [-0.15, -0.1) is 16.4 Å². The molecule has 1 heterocycles. The van der Waals surface area contributed by atoms with E-state index in [1.54, 1.807) is 49.4 Å². The minimum atomic E-state index is -0.865. The van der Waals surface area contributed by atoms with E-state index in [4.69, 9.17) is 38.5 Å². The van der Waals surface area contributed by atoms with Crippen molar-refractivity contribution in [1.82, 2.24) is 5.06 Å². The quantitative estimate of drug-likeness (QED) is 0.277. The number of nitrogens with two attached hydrogens (primary N) is 1. The first-order valence-electron chi connectivity index (χ1n) is 10.3.